The average molecular weight is 376 g/mol. The van der Waals surface area contributed by atoms with E-state index in [1.807, 2.05) is 0 Å². The minimum Gasteiger partial charge on any atom is -0.348 e. The summed E-state index contributed by atoms with van der Waals surface area (Å²) >= 11 is 0. The largest absolute Gasteiger partial charge is 0.348 e. The fraction of sp³-hybridized carbons (Fsp3) is 0.412. The molecule has 4 nitrogen and oxygen atoms in total. The second kappa shape index (κ2) is 10.4. The van der Waals surface area contributed by atoms with Crippen LogP contribution in [0.25, 0.3) is 10.9 Å². The van der Waals surface area contributed by atoms with E-state index < -0.39 is 0 Å². The van der Waals surface area contributed by atoms with E-state index in [-0.39, 0.29) is 42.6 Å². The van der Waals surface area contributed by atoms with Gasteiger partial charge in [0.2, 0.25) is 0 Å². The summed E-state index contributed by atoms with van der Waals surface area (Å²) in [5, 5.41) is 3.70. The number of hydrogen-bond donors (Lipinski definition) is 2. The smallest absolute Gasteiger partial charge is 0.253 e. The highest BCUT2D eigenvalue weighted by atomic mass is 35.5. The number of aromatic nitrogens is 1. The number of halogens is 3. The zero-order valence-electron chi connectivity index (χ0n) is 13.8. The monoisotopic (exact) mass is 375 g/mol. The van der Waals surface area contributed by atoms with Crippen molar-refractivity contribution >= 4 is 41.6 Å². The van der Waals surface area contributed by atoms with E-state index in [9.17, 15) is 9.18 Å². The van der Waals surface area contributed by atoms with E-state index >= 15 is 0 Å². The Bertz CT molecular complexity index is 682. The molecule has 0 saturated heterocycles. The van der Waals surface area contributed by atoms with Crippen molar-refractivity contribution in [3.8, 4) is 0 Å². The van der Waals surface area contributed by atoms with Crippen molar-refractivity contribution in [3.63, 3.8) is 0 Å². The standard InChI is InChI=1S/C17H22FN3O.2ClH/c1-3-4-5-14(10-19)21-17(22)15-8-12-6-7-13(18)9-16(12)20-11(15)2;;/h6-9,14H,3-5,10,19H2,1-2H3,(H,21,22);2*1H. The number of nitrogens with two attached hydrogens (primary N) is 1. The van der Waals surface area contributed by atoms with Crippen LogP contribution in [0.5, 0.6) is 0 Å². The van der Waals surface area contributed by atoms with Crippen LogP contribution in [0.1, 0.15) is 42.2 Å². The van der Waals surface area contributed by atoms with Crippen molar-refractivity contribution in [2.75, 3.05) is 6.54 Å². The number of aryl methyl sites for hydroxylation is 1. The first-order chi connectivity index (χ1) is 10.5. The Morgan fingerprint density at radius 1 is 1.33 bits per heavy atom. The molecule has 24 heavy (non-hydrogen) atoms. The van der Waals surface area contributed by atoms with Gasteiger partial charge >= 0.3 is 0 Å². The fourth-order valence-corrected chi connectivity index (χ4v) is 2.43. The van der Waals surface area contributed by atoms with Gasteiger partial charge in [-0.25, -0.2) is 4.39 Å². The van der Waals surface area contributed by atoms with E-state index in [1.54, 1.807) is 19.1 Å². The van der Waals surface area contributed by atoms with Crippen molar-refractivity contribution in [2.45, 2.75) is 39.2 Å². The van der Waals surface area contributed by atoms with Crippen LogP contribution >= 0.6 is 24.8 Å². The molecule has 1 aromatic heterocycles. The van der Waals surface area contributed by atoms with Crippen LogP contribution in [0.4, 0.5) is 4.39 Å². The first-order valence-corrected chi connectivity index (χ1v) is 7.63. The van der Waals surface area contributed by atoms with E-state index in [2.05, 4.69) is 17.2 Å². The molecule has 2 rings (SSSR count). The van der Waals surface area contributed by atoms with Crippen molar-refractivity contribution in [1.82, 2.24) is 10.3 Å². The number of hydrogen-bond acceptors (Lipinski definition) is 3. The molecule has 0 spiro atoms. The molecule has 1 unspecified atom stereocenters. The molecule has 1 atom stereocenters. The summed E-state index contributed by atoms with van der Waals surface area (Å²) in [7, 11) is 0. The van der Waals surface area contributed by atoms with Gasteiger partial charge in [0.15, 0.2) is 0 Å². The summed E-state index contributed by atoms with van der Waals surface area (Å²) < 4.78 is 13.2. The lowest BCUT2D eigenvalue weighted by Crippen LogP contribution is -2.40. The molecule has 0 aliphatic carbocycles. The Labute approximate surface area is 154 Å². The third kappa shape index (κ3) is 5.58. The number of carbonyl (C=O) groups excluding carboxylic acids is 1. The molecule has 7 heteroatoms. The summed E-state index contributed by atoms with van der Waals surface area (Å²) in [5.74, 6) is -0.512. The van der Waals surface area contributed by atoms with Crippen LogP contribution in [0.3, 0.4) is 0 Å². The van der Waals surface area contributed by atoms with E-state index in [0.717, 1.165) is 24.6 Å². The molecule has 1 aromatic carbocycles. The Morgan fingerprint density at radius 3 is 2.67 bits per heavy atom. The van der Waals surface area contributed by atoms with E-state index in [0.29, 0.717) is 23.3 Å². The molecular weight excluding hydrogens is 352 g/mol. The maximum Gasteiger partial charge on any atom is 0.253 e. The lowest BCUT2D eigenvalue weighted by Gasteiger charge is -2.17. The summed E-state index contributed by atoms with van der Waals surface area (Å²) in [6, 6.07) is 6.08. The SMILES string of the molecule is CCCCC(CN)NC(=O)c1cc2ccc(F)cc2nc1C.Cl.Cl. The number of fused-ring (bicyclic) bond motifs is 1. The predicted molar refractivity (Wildman–Crippen MR) is 101 cm³/mol. The van der Waals surface area contributed by atoms with Gasteiger partial charge in [-0.1, -0.05) is 19.8 Å². The minimum atomic E-state index is -0.334. The Morgan fingerprint density at radius 2 is 2.04 bits per heavy atom. The van der Waals surface area contributed by atoms with Crippen LogP contribution in [0, 0.1) is 12.7 Å². The van der Waals surface area contributed by atoms with Crippen molar-refractivity contribution in [2.24, 2.45) is 5.73 Å². The van der Waals surface area contributed by atoms with Gasteiger partial charge in [-0.05, 0) is 31.5 Å². The number of nitrogens with one attached hydrogen (secondary N) is 1. The van der Waals surface area contributed by atoms with Crippen molar-refractivity contribution < 1.29 is 9.18 Å². The normalized spacial score (nSPS) is 11.3. The summed E-state index contributed by atoms with van der Waals surface area (Å²) in [6.45, 7) is 4.27. The predicted octanol–water partition coefficient (Wildman–Crippen LogP) is 3.77. The number of amides is 1. The van der Waals surface area contributed by atoms with E-state index in [4.69, 9.17) is 5.73 Å². The molecule has 2 aromatic rings. The van der Waals surface area contributed by atoms with Gasteiger partial charge in [-0.15, -0.1) is 24.8 Å². The Kier molecular flexibility index (Phi) is 9.82. The minimum absolute atomic E-state index is 0. The number of pyridine rings is 1. The summed E-state index contributed by atoms with van der Waals surface area (Å²) in [4.78, 5) is 16.7. The molecule has 1 heterocycles. The molecule has 0 fully saturated rings. The zero-order valence-corrected chi connectivity index (χ0v) is 15.5. The lowest BCUT2D eigenvalue weighted by atomic mass is 10.1. The number of carbonyl (C=O) groups is 1. The van der Waals surface area contributed by atoms with Crippen LogP contribution in [-0.2, 0) is 0 Å². The van der Waals surface area contributed by atoms with Crippen molar-refractivity contribution in [1.29, 1.82) is 0 Å². The van der Waals surface area contributed by atoms with Gasteiger partial charge < -0.3 is 11.1 Å². The quantitative estimate of drug-likeness (QED) is 0.807. The molecular formula is C17H24Cl2FN3O. The first-order valence-electron chi connectivity index (χ1n) is 7.63. The third-order valence-electron chi connectivity index (χ3n) is 3.74. The number of unbranched alkanes of at least 4 members (excludes halogenated alkanes) is 1. The molecule has 0 aliphatic rings. The maximum atomic E-state index is 13.2. The highest BCUT2D eigenvalue weighted by Gasteiger charge is 2.15. The second-order valence-corrected chi connectivity index (χ2v) is 5.51. The molecule has 134 valence electrons. The molecule has 3 N–H and O–H groups in total. The molecule has 0 radical (unpaired) electrons. The average Bonchev–Trinajstić information content (AvgIpc) is 2.50. The molecule has 0 bridgehead atoms. The topological polar surface area (TPSA) is 68.0 Å². The second-order valence-electron chi connectivity index (χ2n) is 5.51. The van der Waals surface area contributed by atoms with Gasteiger partial charge in [-0.2, -0.15) is 0 Å². The number of nitrogens with zero attached hydrogens (tertiary/aromatic N) is 1. The van der Waals surface area contributed by atoms with Gasteiger partial charge in [0, 0.05) is 24.0 Å². The Hall–Kier alpha value is -1.43. The lowest BCUT2D eigenvalue weighted by molar-refractivity contribution is 0.0935. The zero-order chi connectivity index (χ0) is 16.1. The van der Waals surface area contributed by atoms with Crippen LogP contribution in [-0.4, -0.2) is 23.5 Å². The Balaban J connectivity index is 0.00000264. The van der Waals surface area contributed by atoms with Crippen LogP contribution in [0.15, 0.2) is 24.3 Å². The van der Waals surface area contributed by atoms with Gasteiger partial charge in [0.25, 0.3) is 5.91 Å². The van der Waals surface area contributed by atoms with Gasteiger partial charge in [0.05, 0.1) is 16.8 Å². The number of benzene rings is 1. The highest BCUT2D eigenvalue weighted by molar-refractivity contribution is 5.98. The third-order valence-corrected chi connectivity index (χ3v) is 3.74. The maximum absolute atomic E-state index is 13.2. The molecule has 0 saturated carbocycles. The van der Waals surface area contributed by atoms with E-state index in [1.165, 1.54) is 12.1 Å². The molecule has 0 aliphatic heterocycles. The summed E-state index contributed by atoms with van der Waals surface area (Å²) in [6.07, 6.45) is 2.95. The van der Waals surface area contributed by atoms with Gasteiger partial charge in [0.1, 0.15) is 5.82 Å². The van der Waals surface area contributed by atoms with Crippen LogP contribution < -0.4 is 11.1 Å². The first kappa shape index (κ1) is 22.6. The highest BCUT2D eigenvalue weighted by Crippen LogP contribution is 2.18. The number of rotatable bonds is 6. The van der Waals surface area contributed by atoms with Gasteiger partial charge in [-0.3, -0.25) is 9.78 Å². The molecule has 1 amide bonds. The van der Waals surface area contributed by atoms with Crippen LogP contribution in [0.2, 0.25) is 0 Å². The summed E-state index contributed by atoms with van der Waals surface area (Å²) in [5.41, 5.74) is 7.36. The van der Waals surface area contributed by atoms with Crippen molar-refractivity contribution in [3.05, 3.63) is 41.3 Å². The fourth-order valence-electron chi connectivity index (χ4n) is 2.43.